The third-order valence-corrected chi connectivity index (χ3v) is 5.31. The predicted molar refractivity (Wildman–Crippen MR) is 111 cm³/mol. The number of carbonyl (C=O) groups is 1. The van der Waals surface area contributed by atoms with E-state index in [9.17, 15) is 9.90 Å². The highest BCUT2D eigenvalue weighted by Gasteiger charge is 2.36. The van der Waals surface area contributed by atoms with Gasteiger partial charge in [0.2, 0.25) is 0 Å². The predicted octanol–water partition coefficient (Wildman–Crippen LogP) is 4.89. The summed E-state index contributed by atoms with van der Waals surface area (Å²) in [5.74, 6) is 0.474. The molecule has 4 heteroatoms. The lowest BCUT2D eigenvalue weighted by atomic mass is 9.76. The van der Waals surface area contributed by atoms with Gasteiger partial charge in [0.25, 0.3) is 0 Å². The molecule has 0 aliphatic heterocycles. The lowest BCUT2D eigenvalue weighted by Gasteiger charge is -2.29. The Morgan fingerprint density at radius 2 is 1.71 bits per heavy atom. The Bertz CT molecular complexity index is 754. The van der Waals surface area contributed by atoms with Crippen molar-refractivity contribution in [1.29, 1.82) is 0 Å². The average molecular weight is 385 g/mol. The van der Waals surface area contributed by atoms with Crippen molar-refractivity contribution in [2.24, 2.45) is 5.41 Å². The molecule has 1 atom stereocenters. The van der Waals surface area contributed by atoms with Gasteiger partial charge in [0.1, 0.15) is 12.4 Å². The number of esters is 1. The maximum absolute atomic E-state index is 12.6. The molecule has 0 aliphatic rings. The third-order valence-electron chi connectivity index (χ3n) is 5.31. The number of ether oxygens (including phenoxy) is 2. The van der Waals surface area contributed by atoms with E-state index in [1.165, 1.54) is 7.11 Å². The van der Waals surface area contributed by atoms with Gasteiger partial charge in [0.05, 0.1) is 12.5 Å². The van der Waals surface area contributed by atoms with Crippen LogP contribution in [-0.4, -0.2) is 24.8 Å². The van der Waals surface area contributed by atoms with Gasteiger partial charge >= 0.3 is 5.97 Å². The normalized spacial score (nSPS) is 13.6. The monoisotopic (exact) mass is 384 g/mol. The van der Waals surface area contributed by atoms with E-state index in [4.69, 9.17) is 9.47 Å². The molecule has 0 fully saturated rings. The smallest absolute Gasteiger partial charge is 0.315 e. The van der Waals surface area contributed by atoms with Crippen molar-refractivity contribution >= 4 is 5.97 Å². The van der Waals surface area contributed by atoms with Crippen molar-refractivity contribution in [2.75, 3.05) is 13.7 Å². The third kappa shape index (κ3) is 5.83. The van der Waals surface area contributed by atoms with E-state index in [2.05, 4.69) is 0 Å². The van der Waals surface area contributed by atoms with Crippen LogP contribution in [0.15, 0.2) is 54.6 Å². The molecule has 4 nitrogen and oxygen atoms in total. The van der Waals surface area contributed by atoms with Crippen LogP contribution in [0.1, 0.15) is 51.2 Å². The number of rotatable bonds is 10. The molecule has 2 aromatic carbocycles. The first-order valence-electron chi connectivity index (χ1n) is 9.77. The summed E-state index contributed by atoms with van der Waals surface area (Å²) in [5.41, 5.74) is 1.06. The van der Waals surface area contributed by atoms with Crippen LogP contribution in [0.25, 0.3) is 0 Å². The van der Waals surface area contributed by atoms with Gasteiger partial charge in [-0.2, -0.15) is 0 Å². The molecule has 0 spiro atoms. The minimum Gasteiger partial charge on any atom is -0.489 e. The van der Waals surface area contributed by atoms with Crippen molar-refractivity contribution in [2.45, 2.75) is 52.1 Å². The van der Waals surface area contributed by atoms with Crippen LogP contribution in [0.4, 0.5) is 0 Å². The quantitative estimate of drug-likeness (QED) is 0.593. The summed E-state index contributed by atoms with van der Waals surface area (Å²) in [4.78, 5) is 12.6. The van der Waals surface area contributed by atoms with Crippen LogP contribution in [-0.2, 0) is 21.6 Å². The topological polar surface area (TPSA) is 55.8 Å². The van der Waals surface area contributed by atoms with Crippen LogP contribution in [0, 0.1) is 5.41 Å². The average Bonchev–Trinajstić information content (AvgIpc) is 2.72. The molecule has 0 heterocycles. The molecule has 1 unspecified atom stereocenters. The standard InChI is InChI=1S/C24H32O4/c1-23(2,18-25)14-9-15-24(3,22(26)27-4)20-12-8-13-21(16-20)28-17-19-10-6-5-7-11-19/h5-8,10-13,16,25H,9,14-15,17-18H2,1-4H3. The zero-order valence-corrected chi connectivity index (χ0v) is 17.4. The summed E-state index contributed by atoms with van der Waals surface area (Å²) in [7, 11) is 1.42. The zero-order chi connectivity index (χ0) is 20.6. The van der Waals surface area contributed by atoms with Gasteiger partial charge in [-0.3, -0.25) is 4.79 Å². The zero-order valence-electron chi connectivity index (χ0n) is 17.4. The Labute approximate surface area is 168 Å². The van der Waals surface area contributed by atoms with E-state index in [0.29, 0.717) is 13.0 Å². The van der Waals surface area contributed by atoms with Crippen molar-refractivity contribution in [3.63, 3.8) is 0 Å². The Kier molecular flexibility index (Phi) is 7.64. The van der Waals surface area contributed by atoms with Crippen molar-refractivity contribution in [3.05, 3.63) is 65.7 Å². The molecule has 0 saturated carbocycles. The highest BCUT2D eigenvalue weighted by molar-refractivity contribution is 5.82. The number of aliphatic hydroxyl groups is 1. The second-order valence-electron chi connectivity index (χ2n) is 8.30. The van der Waals surface area contributed by atoms with Crippen LogP contribution < -0.4 is 4.74 Å². The fourth-order valence-corrected chi connectivity index (χ4v) is 3.26. The highest BCUT2D eigenvalue weighted by Crippen LogP contribution is 2.35. The Balaban J connectivity index is 2.15. The van der Waals surface area contributed by atoms with E-state index in [0.717, 1.165) is 29.7 Å². The van der Waals surface area contributed by atoms with Crippen LogP contribution >= 0.6 is 0 Å². The second kappa shape index (κ2) is 9.74. The van der Waals surface area contributed by atoms with Gasteiger partial charge < -0.3 is 14.6 Å². The molecule has 0 aliphatic carbocycles. The number of aliphatic hydroxyl groups excluding tert-OH is 1. The molecule has 152 valence electrons. The summed E-state index contributed by atoms with van der Waals surface area (Å²) in [6, 6.07) is 17.7. The largest absolute Gasteiger partial charge is 0.489 e. The summed E-state index contributed by atoms with van der Waals surface area (Å²) in [6.45, 7) is 6.58. The fourth-order valence-electron chi connectivity index (χ4n) is 3.26. The molecular formula is C24H32O4. The van der Waals surface area contributed by atoms with Crippen LogP contribution in [0.5, 0.6) is 5.75 Å². The number of carbonyl (C=O) groups excluding carboxylic acids is 1. The van der Waals surface area contributed by atoms with Crippen molar-refractivity contribution < 1.29 is 19.4 Å². The minimum absolute atomic E-state index is 0.130. The van der Waals surface area contributed by atoms with E-state index in [1.54, 1.807) is 0 Å². The summed E-state index contributed by atoms with van der Waals surface area (Å²) in [5, 5.41) is 9.48. The first kappa shape index (κ1) is 22.0. The maximum Gasteiger partial charge on any atom is 0.315 e. The first-order valence-corrected chi connectivity index (χ1v) is 9.77. The van der Waals surface area contributed by atoms with Crippen LogP contribution in [0.2, 0.25) is 0 Å². The molecule has 0 radical (unpaired) electrons. The molecule has 2 rings (SSSR count). The summed E-state index contributed by atoms with van der Waals surface area (Å²) in [6.07, 6.45) is 2.29. The molecule has 0 aromatic heterocycles. The van der Waals surface area contributed by atoms with E-state index >= 15 is 0 Å². The molecule has 1 N–H and O–H groups in total. The van der Waals surface area contributed by atoms with Gasteiger partial charge in [0, 0.05) is 6.61 Å². The van der Waals surface area contributed by atoms with Gasteiger partial charge in [0.15, 0.2) is 0 Å². The van der Waals surface area contributed by atoms with E-state index in [1.807, 2.05) is 75.4 Å². The molecule has 0 bridgehead atoms. The van der Waals surface area contributed by atoms with Crippen LogP contribution in [0.3, 0.4) is 0 Å². The molecular weight excluding hydrogens is 352 g/mol. The second-order valence-corrected chi connectivity index (χ2v) is 8.30. The molecule has 0 amide bonds. The van der Waals surface area contributed by atoms with Gasteiger partial charge in [-0.25, -0.2) is 0 Å². The van der Waals surface area contributed by atoms with E-state index in [-0.39, 0.29) is 18.0 Å². The Morgan fingerprint density at radius 3 is 2.36 bits per heavy atom. The SMILES string of the molecule is COC(=O)C(C)(CCCC(C)(C)CO)c1cccc(OCc2ccccc2)c1. The Morgan fingerprint density at radius 1 is 1.00 bits per heavy atom. The maximum atomic E-state index is 12.6. The number of hydrogen-bond donors (Lipinski definition) is 1. The highest BCUT2D eigenvalue weighted by atomic mass is 16.5. The van der Waals surface area contributed by atoms with Gasteiger partial charge in [-0.15, -0.1) is 0 Å². The van der Waals surface area contributed by atoms with E-state index < -0.39 is 5.41 Å². The summed E-state index contributed by atoms with van der Waals surface area (Å²) >= 11 is 0. The minimum atomic E-state index is -0.758. The summed E-state index contributed by atoms with van der Waals surface area (Å²) < 4.78 is 11.1. The molecule has 0 saturated heterocycles. The van der Waals surface area contributed by atoms with Crippen molar-refractivity contribution in [3.8, 4) is 5.75 Å². The van der Waals surface area contributed by atoms with Crippen molar-refractivity contribution in [1.82, 2.24) is 0 Å². The van der Waals surface area contributed by atoms with Gasteiger partial charge in [-0.1, -0.05) is 62.7 Å². The number of benzene rings is 2. The first-order chi connectivity index (χ1) is 13.3. The number of methoxy groups -OCH3 is 1. The number of hydrogen-bond acceptors (Lipinski definition) is 4. The molecule has 2 aromatic rings. The van der Waals surface area contributed by atoms with Gasteiger partial charge in [-0.05, 0) is 48.4 Å². The Hall–Kier alpha value is -2.33. The molecule has 28 heavy (non-hydrogen) atoms. The lowest BCUT2D eigenvalue weighted by Crippen LogP contribution is -2.34. The fraction of sp³-hybridized carbons (Fsp3) is 0.458. The lowest BCUT2D eigenvalue weighted by molar-refractivity contribution is -0.147.